The molecule has 0 spiro atoms. The van der Waals surface area contributed by atoms with E-state index in [-0.39, 0.29) is 6.04 Å². The highest BCUT2D eigenvalue weighted by atomic mass is 127. The maximum atomic E-state index is 4.05. The van der Waals surface area contributed by atoms with Crippen LogP contribution in [-0.2, 0) is 0 Å². The molecule has 0 aliphatic rings. The molecule has 1 aromatic carbocycles. The molecule has 0 bridgehead atoms. The lowest BCUT2D eigenvalue weighted by Gasteiger charge is -2.11. The second kappa shape index (κ2) is 5.40. The van der Waals surface area contributed by atoms with Gasteiger partial charge in [0, 0.05) is 8.04 Å². The molecule has 1 atom stereocenters. The van der Waals surface area contributed by atoms with Crippen LogP contribution in [0.4, 0.5) is 0 Å². The van der Waals surface area contributed by atoms with E-state index in [1.165, 1.54) is 0 Å². The Labute approximate surface area is 121 Å². The highest BCUT2D eigenvalue weighted by Crippen LogP contribution is 2.24. The molecule has 1 aromatic heterocycles. The summed E-state index contributed by atoms with van der Waals surface area (Å²) in [6, 6.07) is 6.15. The summed E-state index contributed by atoms with van der Waals surface area (Å²) in [5.41, 5.74) is 0.944. The van der Waals surface area contributed by atoms with Gasteiger partial charge in [-0.05, 0) is 81.1 Å². The predicted molar refractivity (Wildman–Crippen MR) is 77.0 cm³/mol. The van der Waals surface area contributed by atoms with Gasteiger partial charge in [-0.2, -0.15) is 4.68 Å². The highest BCUT2D eigenvalue weighted by molar-refractivity contribution is 14.1. The van der Waals surface area contributed by atoms with Crippen LogP contribution in [0.1, 0.15) is 18.8 Å². The Kier molecular flexibility index (Phi) is 4.10. The molecule has 2 aromatic rings. The molecule has 1 N–H and O–H groups in total. The first-order chi connectivity index (χ1) is 8.13. The molecule has 90 valence electrons. The molecule has 0 radical (unpaired) electrons. The van der Waals surface area contributed by atoms with Crippen molar-refractivity contribution in [3.8, 4) is 5.69 Å². The highest BCUT2D eigenvalue weighted by Gasteiger charge is 2.15. The number of halogens is 2. The van der Waals surface area contributed by atoms with Crippen molar-refractivity contribution in [2.45, 2.75) is 13.0 Å². The molecule has 17 heavy (non-hydrogen) atoms. The lowest BCUT2D eigenvalue weighted by Crippen LogP contribution is -2.18. The van der Waals surface area contributed by atoms with Crippen molar-refractivity contribution in [3.63, 3.8) is 0 Å². The van der Waals surface area contributed by atoms with Gasteiger partial charge in [0.1, 0.15) is 0 Å². The Balaban J connectivity index is 2.53. The fourth-order valence-electron chi connectivity index (χ4n) is 1.41. The molecule has 0 fully saturated rings. The van der Waals surface area contributed by atoms with E-state index in [0.717, 1.165) is 19.6 Å². The van der Waals surface area contributed by atoms with Gasteiger partial charge in [0.2, 0.25) is 0 Å². The quantitative estimate of drug-likeness (QED) is 0.793. The van der Waals surface area contributed by atoms with Crippen molar-refractivity contribution >= 4 is 38.5 Å². The standard InChI is InChI=1S/C10H11BrIN5/c1-6(13-2)10-14-15-16-17(10)9-5-7(12)3-4-8(9)11/h3-6,13H,1-2H3. The number of hydrogen-bond acceptors (Lipinski definition) is 4. The SMILES string of the molecule is CNC(C)c1nnnn1-c1cc(I)ccc1Br. The summed E-state index contributed by atoms with van der Waals surface area (Å²) < 4.78 is 3.85. The number of hydrogen-bond donors (Lipinski definition) is 1. The Bertz CT molecular complexity index is 527. The van der Waals surface area contributed by atoms with Gasteiger partial charge in [-0.3, -0.25) is 0 Å². The first kappa shape index (κ1) is 12.9. The molecule has 1 unspecified atom stereocenters. The monoisotopic (exact) mass is 407 g/mol. The Morgan fingerprint density at radius 3 is 2.94 bits per heavy atom. The molecule has 0 saturated carbocycles. The van der Waals surface area contributed by atoms with Crippen LogP contribution in [0.3, 0.4) is 0 Å². The van der Waals surface area contributed by atoms with Crippen LogP contribution in [0.5, 0.6) is 0 Å². The molecule has 2 rings (SSSR count). The normalized spacial score (nSPS) is 12.7. The minimum Gasteiger partial charge on any atom is -0.311 e. The van der Waals surface area contributed by atoms with Gasteiger partial charge in [0.05, 0.1) is 11.7 Å². The summed E-state index contributed by atoms with van der Waals surface area (Å²) in [4.78, 5) is 0. The maximum absolute atomic E-state index is 4.05. The number of nitrogens with zero attached hydrogens (tertiary/aromatic N) is 4. The van der Waals surface area contributed by atoms with E-state index in [1.807, 2.05) is 32.2 Å². The first-order valence-corrected chi connectivity index (χ1v) is 6.91. The summed E-state index contributed by atoms with van der Waals surface area (Å²) in [6.07, 6.45) is 0. The molecule has 0 saturated heterocycles. The first-order valence-electron chi connectivity index (χ1n) is 5.04. The topological polar surface area (TPSA) is 55.6 Å². The lowest BCUT2D eigenvalue weighted by molar-refractivity contribution is 0.588. The minimum absolute atomic E-state index is 0.0924. The Morgan fingerprint density at radius 2 is 2.24 bits per heavy atom. The van der Waals surface area contributed by atoms with Gasteiger partial charge < -0.3 is 5.32 Å². The van der Waals surface area contributed by atoms with Crippen LogP contribution < -0.4 is 5.32 Å². The van der Waals surface area contributed by atoms with Crippen LogP contribution in [0.25, 0.3) is 5.69 Å². The largest absolute Gasteiger partial charge is 0.311 e. The van der Waals surface area contributed by atoms with Crippen molar-refractivity contribution in [1.29, 1.82) is 0 Å². The fourth-order valence-corrected chi connectivity index (χ4v) is 2.30. The fraction of sp³-hybridized carbons (Fsp3) is 0.300. The van der Waals surface area contributed by atoms with Gasteiger partial charge in [0.25, 0.3) is 0 Å². The average Bonchev–Trinajstić information content (AvgIpc) is 2.80. The second-order valence-corrected chi connectivity index (χ2v) is 5.65. The second-order valence-electron chi connectivity index (χ2n) is 3.55. The van der Waals surface area contributed by atoms with Gasteiger partial charge >= 0.3 is 0 Å². The van der Waals surface area contributed by atoms with E-state index in [9.17, 15) is 0 Å². The molecular weight excluding hydrogens is 397 g/mol. The zero-order chi connectivity index (χ0) is 12.4. The summed E-state index contributed by atoms with van der Waals surface area (Å²) in [7, 11) is 1.88. The van der Waals surface area contributed by atoms with Gasteiger partial charge in [-0.25, -0.2) is 0 Å². The molecule has 0 aliphatic carbocycles. The van der Waals surface area contributed by atoms with E-state index in [0.29, 0.717) is 0 Å². The van der Waals surface area contributed by atoms with Gasteiger partial charge in [-0.1, -0.05) is 0 Å². The molecule has 1 heterocycles. The summed E-state index contributed by atoms with van der Waals surface area (Å²) >= 11 is 5.78. The van der Waals surface area contributed by atoms with Crippen LogP contribution in [0.2, 0.25) is 0 Å². The number of rotatable bonds is 3. The predicted octanol–water partition coefficient (Wildman–Crippen LogP) is 2.31. The molecule has 5 nitrogen and oxygen atoms in total. The number of benzene rings is 1. The van der Waals surface area contributed by atoms with E-state index < -0.39 is 0 Å². The summed E-state index contributed by atoms with van der Waals surface area (Å²) in [6.45, 7) is 2.02. The summed E-state index contributed by atoms with van der Waals surface area (Å²) in [5.74, 6) is 0.787. The van der Waals surface area contributed by atoms with E-state index >= 15 is 0 Å². The van der Waals surface area contributed by atoms with Crippen LogP contribution in [0, 0.1) is 3.57 Å². The zero-order valence-corrected chi connectivity index (χ0v) is 13.1. The lowest BCUT2D eigenvalue weighted by atomic mass is 10.3. The third kappa shape index (κ3) is 2.66. The smallest absolute Gasteiger partial charge is 0.173 e. The molecule has 0 aliphatic heterocycles. The minimum atomic E-state index is 0.0924. The third-order valence-corrected chi connectivity index (χ3v) is 3.79. The number of tetrazole rings is 1. The van der Waals surface area contributed by atoms with E-state index in [2.05, 4.69) is 59.4 Å². The van der Waals surface area contributed by atoms with Crippen molar-refractivity contribution in [2.24, 2.45) is 0 Å². The van der Waals surface area contributed by atoms with Crippen molar-refractivity contribution < 1.29 is 0 Å². The van der Waals surface area contributed by atoms with Crippen molar-refractivity contribution in [1.82, 2.24) is 25.5 Å². The average molecular weight is 408 g/mol. The Hall–Kier alpha value is -0.540. The molecular formula is C10H11BrIN5. The zero-order valence-electron chi connectivity index (χ0n) is 9.35. The van der Waals surface area contributed by atoms with E-state index in [1.54, 1.807) is 4.68 Å². The number of aromatic nitrogens is 4. The number of nitrogens with one attached hydrogen (secondary N) is 1. The molecule has 0 amide bonds. The van der Waals surface area contributed by atoms with Crippen LogP contribution in [0.15, 0.2) is 22.7 Å². The summed E-state index contributed by atoms with van der Waals surface area (Å²) in [5, 5.41) is 15.0. The van der Waals surface area contributed by atoms with Gasteiger partial charge in [-0.15, -0.1) is 5.10 Å². The molecule has 7 heteroatoms. The van der Waals surface area contributed by atoms with Crippen LogP contribution in [-0.4, -0.2) is 27.3 Å². The van der Waals surface area contributed by atoms with Gasteiger partial charge in [0.15, 0.2) is 5.82 Å². The van der Waals surface area contributed by atoms with E-state index in [4.69, 9.17) is 0 Å². The maximum Gasteiger partial charge on any atom is 0.173 e. The third-order valence-electron chi connectivity index (χ3n) is 2.45. The van der Waals surface area contributed by atoms with Crippen LogP contribution >= 0.6 is 38.5 Å². The van der Waals surface area contributed by atoms with Crippen molar-refractivity contribution in [2.75, 3.05) is 7.05 Å². The Morgan fingerprint density at radius 1 is 1.47 bits per heavy atom. The van der Waals surface area contributed by atoms with Crippen molar-refractivity contribution in [3.05, 3.63) is 32.1 Å².